The SMILES string of the molecule is C=CC(=O)OCCN(C)c1ccc(N=Nc2ccc(N=Nc3ccc(O)cc3)cc2)cc1. The van der Waals surface area contributed by atoms with Gasteiger partial charge in [-0.1, -0.05) is 6.58 Å². The number of phenols is 1. The minimum Gasteiger partial charge on any atom is -0.508 e. The molecule has 0 saturated carbocycles. The number of nitrogens with zero attached hydrogens (tertiary/aromatic N) is 5. The Morgan fingerprint density at radius 1 is 0.844 bits per heavy atom. The van der Waals surface area contributed by atoms with Gasteiger partial charge in [0.2, 0.25) is 0 Å². The largest absolute Gasteiger partial charge is 0.508 e. The lowest BCUT2D eigenvalue weighted by Gasteiger charge is -2.18. The third-order valence-corrected chi connectivity index (χ3v) is 4.39. The first-order chi connectivity index (χ1) is 15.5. The summed E-state index contributed by atoms with van der Waals surface area (Å²) in [7, 11) is 1.92. The molecule has 0 amide bonds. The Bertz CT molecular complexity index is 1090. The third-order valence-electron chi connectivity index (χ3n) is 4.39. The van der Waals surface area contributed by atoms with E-state index in [4.69, 9.17) is 4.74 Å². The molecule has 0 heterocycles. The van der Waals surface area contributed by atoms with Crippen molar-refractivity contribution in [2.45, 2.75) is 0 Å². The molecular formula is C24H23N5O3. The van der Waals surface area contributed by atoms with Crippen molar-refractivity contribution in [2.75, 3.05) is 25.1 Å². The van der Waals surface area contributed by atoms with E-state index in [0.29, 0.717) is 23.6 Å². The van der Waals surface area contributed by atoms with Gasteiger partial charge in [-0.2, -0.15) is 20.5 Å². The van der Waals surface area contributed by atoms with Crippen LogP contribution in [0.25, 0.3) is 0 Å². The Balaban J connectivity index is 1.53. The molecule has 0 bridgehead atoms. The second-order valence-electron chi connectivity index (χ2n) is 6.74. The van der Waals surface area contributed by atoms with E-state index in [-0.39, 0.29) is 12.4 Å². The normalized spacial score (nSPS) is 11.0. The van der Waals surface area contributed by atoms with E-state index in [1.807, 2.05) is 36.2 Å². The van der Waals surface area contributed by atoms with Gasteiger partial charge in [0, 0.05) is 18.8 Å². The highest BCUT2D eigenvalue weighted by Crippen LogP contribution is 2.25. The van der Waals surface area contributed by atoms with Gasteiger partial charge >= 0.3 is 5.97 Å². The Morgan fingerprint density at radius 2 is 1.25 bits per heavy atom. The summed E-state index contributed by atoms with van der Waals surface area (Å²) >= 11 is 0. The van der Waals surface area contributed by atoms with Crippen LogP contribution in [0.2, 0.25) is 0 Å². The van der Waals surface area contributed by atoms with Crippen LogP contribution in [0.5, 0.6) is 5.75 Å². The van der Waals surface area contributed by atoms with E-state index < -0.39 is 5.97 Å². The van der Waals surface area contributed by atoms with Crippen LogP contribution in [0.3, 0.4) is 0 Å². The van der Waals surface area contributed by atoms with Crippen molar-refractivity contribution in [3.05, 3.63) is 85.5 Å². The minimum absolute atomic E-state index is 0.187. The van der Waals surface area contributed by atoms with Crippen molar-refractivity contribution in [3.8, 4) is 5.75 Å². The smallest absolute Gasteiger partial charge is 0.330 e. The predicted octanol–water partition coefficient (Wildman–Crippen LogP) is 6.39. The van der Waals surface area contributed by atoms with Gasteiger partial charge in [-0.3, -0.25) is 0 Å². The zero-order chi connectivity index (χ0) is 22.8. The van der Waals surface area contributed by atoms with Crippen molar-refractivity contribution in [2.24, 2.45) is 20.5 Å². The van der Waals surface area contributed by atoms with Gasteiger partial charge in [-0.25, -0.2) is 4.79 Å². The summed E-state index contributed by atoms with van der Waals surface area (Å²) in [6.07, 6.45) is 1.15. The summed E-state index contributed by atoms with van der Waals surface area (Å²) in [6, 6.07) is 21.3. The standard InChI is InChI=1S/C24H23N5O3/c1-3-24(31)32-17-16-29(2)22-12-8-20(9-13-22)27-25-18-4-6-19(7-5-18)26-28-21-10-14-23(30)15-11-21/h3-15,30H,1,16-17H2,2H3. The summed E-state index contributed by atoms with van der Waals surface area (Å²) in [6.45, 7) is 4.22. The quantitative estimate of drug-likeness (QED) is 0.242. The van der Waals surface area contributed by atoms with E-state index in [9.17, 15) is 9.90 Å². The molecule has 8 nitrogen and oxygen atoms in total. The number of azo groups is 2. The van der Waals surface area contributed by atoms with E-state index in [1.54, 1.807) is 48.5 Å². The Hall–Kier alpha value is -4.33. The summed E-state index contributed by atoms with van der Waals surface area (Å²) in [5.74, 6) is -0.241. The van der Waals surface area contributed by atoms with Crippen LogP contribution >= 0.6 is 0 Å². The minimum atomic E-state index is -0.428. The maximum atomic E-state index is 11.1. The molecule has 0 radical (unpaired) electrons. The number of aromatic hydroxyl groups is 1. The number of anilines is 1. The van der Waals surface area contributed by atoms with Crippen LogP contribution in [-0.4, -0.2) is 31.3 Å². The molecule has 3 aromatic rings. The highest BCUT2D eigenvalue weighted by atomic mass is 16.5. The summed E-state index contributed by atoms with van der Waals surface area (Å²) in [5.41, 5.74) is 3.72. The topological polar surface area (TPSA) is 99.2 Å². The number of likely N-dealkylation sites (N-methyl/N-ethyl adjacent to an activating group) is 1. The van der Waals surface area contributed by atoms with Gasteiger partial charge in [0.25, 0.3) is 0 Å². The molecule has 0 fully saturated rings. The molecule has 3 aromatic carbocycles. The lowest BCUT2D eigenvalue weighted by Crippen LogP contribution is -2.23. The van der Waals surface area contributed by atoms with Crippen molar-refractivity contribution >= 4 is 34.4 Å². The molecule has 0 aliphatic rings. The zero-order valence-electron chi connectivity index (χ0n) is 17.6. The Morgan fingerprint density at radius 3 is 1.69 bits per heavy atom. The maximum absolute atomic E-state index is 11.1. The monoisotopic (exact) mass is 429 g/mol. The molecule has 0 aliphatic heterocycles. The number of benzene rings is 3. The number of ether oxygens (including phenoxy) is 1. The summed E-state index contributed by atoms with van der Waals surface area (Å²) in [5, 5.41) is 26.1. The highest BCUT2D eigenvalue weighted by Gasteiger charge is 2.03. The first kappa shape index (κ1) is 22.4. The first-order valence-electron chi connectivity index (χ1n) is 9.86. The molecule has 0 aliphatic carbocycles. The molecule has 0 unspecified atom stereocenters. The molecule has 0 atom stereocenters. The van der Waals surface area contributed by atoms with E-state index >= 15 is 0 Å². The van der Waals surface area contributed by atoms with Gasteiger partial charge in [0.05, 0.1) is 29.3 Å². The molecule has 32 heavy (non-hydrogen) atoms. The fourth-order valence-electron chi connectivity index (χ4n) is 2.58. The summed E-state index contributed by atoms with van der Waals surface area (Å²) < 4.78 is 4.99. The van der Waals surface area contributed by atoms with Crippen LogP contribution in [-0.2, 0) is 9.53 Å². The number of rotatable bonds is 9. The number of hydrogen-bond acceptors (Lipinski definition) is 8. The van der Waals surface area contributed by atoms with Gasteiger partial charge in [-0.15, -0.1) is 0 Å². The second-order valence-corrected chi connectivity index (χ2v) is 6.74. The van der Waals surface area contributed by atoms with Crippen LogP contribution in [0.1, 0.15) is 0 Å². The lowest BCUT2D eigenvalue weighted by molar-refractivity contribution is -0.137. The van der Waals surface area contributed by atoms with Crippen LogP contribution in [0.4, 0.5) is 28.4 Å². The Kier molecular flexibility index (Phi) is 7.80. The summed E-state index contributed by atoms with van der Waals surface area (Å²) in [4.78, 5) is 13.1. The third kappa shape index (κ3) is 6.88. The van der Waals surface area contributed by atoms with Gasteiger partial charge in [0.15, 0.2) is 0 Å². The number of hydrogen-bond donors (Lipinski definition) is 1. The average molecular weight is 429 g/mol. The maximum Gasteiger partial charge on any atom is 0.330 e. The van der Waals surface area contributed by atoms with E-state index in [2.05, 4.69) is 27.0 Å². The fraction of sp³-hybridized carbons (Fsp3) is 0.125. The molecule has 3 rings (SSSR count). The van der Waals surface area contributed by atoms with Crippen molar-refractivity contribution in [1.82, 2.24) is 0 Å². The molecule has 162 valence electrons. The van der Waals surface area contributed by atoms with Crippen molar-refractivity contribution < 1.29 is 14.6 Å². The average Bonchev–Trinajstić information content (AvgIpc) is 2.83. The van der Waals surface area contributed by atoms with E-state index in [1.165, 1.54) is 0 Å². The first-order valence-corrected chi connectivity index (χ1v) is 9.86. The number of carbonyl (C=O) groups is 1. The van der Waals surface area contributed by atoms with Crippen molar-refractivity contribution in [3.63, 3.8) is 0 Å². The molecule has 0 saturated heterocycles. The van der Waals surface area contributed by atoms with Crippen LogP contribution in [0.15, 0.2) is 106 Å². The molecular weight excluding hydrogens is 406 g/mol. The highest BCUT2D eigenvalue weighted by molar-refractivity contribution is 5.81. The zero-order valence-corrected chi connectivity index (χ0v) is 17.6. The molecule has 1 N–H and O–H groups in total. The number of esters is 1. The van der Waals surface area contributed by atoms with Crippen molar-refractivity contribution in [1.29, 1.82) is 0 Å². The van der Waals surface area contributed by atoms with Gasteiger partial charge in [-0.05, 0) is 72.8 Å². The van der Waals surface area contributed by atoms with Gasteiger partial charge in [0.1, 0.15) is 12.4 Å². The van der Waals surface area contributed by atoms with Crippen LogP contribution in [0, 0.1) is 0 Å². The predicted molar refractivity (Wildman–Crippen MR) is 124 cm³/mol. The lowest BCUT2D eigenvalue weighted by atomic mass is 10.2. The molecule has 0 aromatic heterocycles. The van der Waals surface area contributed by atoms with E-state index in [0.717, 1.165) is 17.5 Å². The molecule has 8 heteroatoms. The fourth-order valence-corrected chi connectivity index (χ4v) is 2.58. The van der Waals surface area contributed by atoms with Crippen LogP contribution < -0.4 is 4.90 Å². The molecule has 0 spiro atoms. The second kappa shape index (κ2) is 11.2. The number of carbonyl (C=O) groups excluding carboxylic acids is 1. The number of phenolic OH excluding ortho intramolecular Hbond substituents is 1. The van der Waals surface area contributed by atoms with Gasteiger partial charge < -0.3 is 14.7 Å². The Labute approximate surface area is 186 Å².